The van der Waals surface area contributed by atoms with Crippen LogP contribution in [0.15, 0.2) is 66.7 Å². The van der Waals surface area contributed by atoms with Crippen LogP contribution in [0, 0.1) is 5.41 Å². The van der Waals surface area contributed by atoms with E-state index in [1.165, 1.54) is 0 Å². The van der Waals surface area contributed by atoms with Gasteiger partial charge in [-0.2, -0.15) is 0 Å². The van der Waals surface area contributed by atoms with Crippen LogP contribution in [0.2, 0.25) is 0 Å². The normalized spacial score (nSPS) is 16.0. The van der Waals surface area contributed by atoms with Gasteiger partial charge in [-0.25, -0.2) is 0 Å². The lowest BCUT2D eigenvalue weighted by Crippen LogP contribution is -2.27. The molecule has 24 heavy (non-hydrogen) atoms. The second-order valence-electron chi connectivity index (χ2n) is 7.37. The summed E-state index contributed by atoms with van der Waals surface area (Å²) in [7, 11) is 0. The number of rotatable bonds is 2. The molecule has 0 saturated heterocycles. The van der Waals surface area contributed by atoms with E-state index in [0.29, 0.717) is 6.42 Å². The number of ketones is 1. The van der Waals surface area contributed by atoms with Crippen molar-refractivity contribution in [1.82, 2.24) is 4.57 Å². The Bertz CT molecular complexity index is 888. The van der Waals surface area contributed by atoms with Gasteiger partial charge < -0.3 is 4.57 Å². The van der Waals surface area contributed by atoms with E-state index in [4.69, 9.17) is 0 Å². The van der Waals surface area contributed by atoms with Gasteiger partial charge in [0, 0.05) is 23.4 Å². The zero-order chi connectivity index (χ0) is 16.7. The van der Waals surface area contributed by atoms with E-state index in [0.717, 1.165) is 34.6 Å². The molecule has 1 heterocycles. The summed E-state index contributed by atoms with van der Waals surface area (Å²) in [6.45, 7) is 4.36. The summed E-state index contributed by atoms with van der Waals surface area (Å²) in [5.74, 6) is 0.258. The minimum atomic E-state index is 0.00290. The Morgan fingerprint density at radius 1 is 0.875 bits per heavy atom. The quantitative estimate of drug-likeness (QED) is 0.629. The van der Waals surface area contributed by atoms with Crippen molar-refractivity contribution >= 4 is 5.78 Å². The smallest absolute Gasteiger partial charge is 0.165 e. The van der Waals surface area contributed by atoms with Gasteiger partial charge in [-0.1, -0.05) is 62.4 Å². The number of aromatic nitrogens is 1. The summed E-state index contributed by atoms with van der Waals surface area (Å²) in [6.07, 6.45) is 1.53. The summed E-state index contributed by atoms with van der Waals surface area (Å²) in [4.78, 5) is 12.7. The second-order valence-corrected chi connectivity index (χ2v) is 7.37. The molecule has 1 aromatic heterocycles. The van der Waals surface area contributed by atoms with E-state index in [2.05, 4.69) is 48.7 Å². The molecule has 0 unspecified atom stereocenters. The van der Waals surface area contributed by atoms with E-state index in [-0.39, 0.29) is 11.2 Å². The van der Waals surface area contributed by atoms with Gasteiger partial charge in [0.05, 0.1) is 5.69 Å². The number of fused-ring (bicyclic) bond motifs is 1. The summed E-state index contributed by atoms with van der Waals surface area (Å²) in [5, 5.41) is 0. The van der Waals surface area contributed by atoms with Gasteiger partial charge >= 0.3 is 0 Å². The fourth-order valence-electron chi connectivity index (χ4n) is 3.71. The highest BCUT2D eigenvalue weighted by Crippen LogP contribution is 2.40. The lowest BCUT2D eigenvalue weighted by Gasteiger charge is -2.30. The standard InChI is InChI=1S/C22H21NO/c1-22(2)14-20-18(21(24)15-22)13-19(16-9-5-3-6-10-16)23(20)17-11-7-4-8-12-17/h3-13H,14-15H2,1-2H3. The molecule has 2 aromatic carbocycles. The summed E-state index contributed by atoms with van der Waals surface area (Å²) < 4.78 is 2.27. The molecule has 4 rings (SSSR count). The minimum absolute atomic E-state index is 0.00290. The zero-order valence-corrected chi connectivity index (χ0v) is 14.1. The summed E-state index contributed by atoms with van der Waals surface area (Å²) in [6, 6.07) is 22.7. The average Bonchev–Trinajstić information content (AvgIpc) is 2.95. The highest BCUT2D eigenvalue weighted by molar-refractivity contribution is 6.00. The number of hydrogen-bond acceptors (Lipinski definition) is 1. The van der Waals surface area contributed by atoms with Crippen LogP contribution in [0.4, 0.5) is 0 Å². The molecule has 1 aliphatic carbocycles. The molecular formula is C22H21NO. The molecule has 0 amide bonds. The van der Waals surface area contributed by atoms with Crippen molar-refractivity contribution in [3.63, 3.8) is 0 Å². The maximum Gasteiger partial charge on any atom is 0.165 e. The third-order valence-electron chi connectivity index (χ3n) is 4.77. The first-order valence-electron chi connectivity index (χ1n) is 8.44. The lowest BCUT2D eigenvalue weighted by molar-refractivity contribution is 0.0911. The molecule has 0 spiro atoms. The van der Waals surface area contributed by atoms with Crippen molar-refractivity contribution < 1.29 is 4.79 Å². The Hall–Kier alpha value is -2.61. The van der Waals surface area contributed by atoms with Gasteiger partial charge in [-0.3, -0.25) is 4.79 Å². The molecule has 0 fully saturated rings. The highest BCUT2D eigenvalue weighted by Gasteiger charge is 2.34. The molecule has 0 saturated carbocycles. The molecule has 0 atom stereocenters. The van der Waals surface area contributed by atoms with Gasteiger partial charge in [0.25, 0.3) is 0 Å². The fraction of sp³-hybridized carbons (Fsp3) is 0.227. The molecule has 2 nitrogen and oxygen atoms in total. The molecule has 0 N–H and O–H groups in total. The lowest BCUT2D eigenvalue weighted by atomic mass is 9.76. The molecule has 1 aliphatic rings. The van der Waals surface area contributed by atoms with Gasteiger partial charge in [-0.15, -0.1) is 0 Å². The predicted molar refractivity (Wildman–Crippen MR) is 97.6 cm³/mol. The number of nitrogens with zero attached hydrogens (tertiary/aromatic N) is 1. The molecule has 120 valence electrons. The first kappa shape index (κ1) is 14.9. The topological polar surface area (TPSA) is 22.0 Å². The largest absolute Gasteiger partial charge is 0.313 e. The van der Waals surface area contributed by atoms with Gasteiger partial charge in [0.1, 0.15) is 0 Å². The summed E-state index contributed by atoms with van der Waals surface area (Å²) in [5.41, 5.74) is 5.38. The maximum absolute atomic E-state index is 12.7. The molecule has 0 radical (unpaired) electrons. The number of benzene rings is 2. The van der Waals surface area contributed by atoms with Crippen LogP contribution < -0.4 is 0 Å². The fourth-order valence-corrected chi connectivity index (χ4v) is 3.71. The van der Waals surface area contributed by atoms with Crippen LogP contribution in [-0.2, 0) is 6.42 Å². The average molecular weight is 315 g/mol. The van der Waals surface area contributed by atoms with E-state index >= 15 is 0 Å². The van der Waals surface area contributed by atoms with E-state index < -0.39 is 0 Å². The number of para-hydroxylation sites is 1. The van der Waals surface area contributed by atoms with Crippen LogP contribution in [-0.4, -0.2) is 10.4 Å². The van der Waals surface area contributed by atoms with Crippen molar-refractivity contribution in [1.29, 1.82) is 0 Å². The highest BCUT2D eigenvalue weighted by atomic mass is 16.1. The molecule has 3 aromatic rings. The zero-order valence-electron chi connectivity index (χ0n) is 14.1. The van der Waals surface area contributed by atoms with Gasteiger partial charge in [-0.05, 0) is 35.6 Å². The van der Waals surface area contributed by atoms with Crippen LogP contribution in [0.25, 0.3) is 16.9 Å². The molecule has 0 aliphatic heterocycles. The van der Waals surface area contributed by atoms with E-state index in [1.54, 1.807) is 0 Å². The van der Waals surface area contributed by atoms with Gasteiger partial charge in [0.15, 0.2) is 5.78 Å². The van der Waals surface area contributed by atoms with E-state index in [1.807, 2.05) is 36.4 Å². The van der Waals surface area contributed by atoms with Crippen LogP contribution in [0.1, 0.15) is 36.3 Å². The first-order chi connectivity index (χ1) is 11.6. The van der Waals surface area contributed by atoms with Crippen LogP contribution in [0.3, 0.4) is 0 Å². The van der Waals surface area contributed by atoms with Crippen molar-refractivity contribution in [2.45, 2.75) is 26.7 Å². The van der Waals surface area contributed by atoms with Crippen molar-refractivity contribution in [2.24, 2.45) is 5.41 Å². The SMILES string of the molecule is CC1(C)CC(=O)c2cc(-c3ccccc3)n(-c3ccccc3)c2C1. The first-order valence-corrected chi connectivity index (χ1v) is 8.44. The summed E-state index contributed by atoms with van der Waals surface area (Å²) >= 11 is 0. The van der Waals surface area contributed by atoms with Crippen molar-refractivity contribution in [3.05, 3.63) is 78.0 Å². The third-order valence-corrected chi connectivity index (χ3v) is 4.77. The van der Waals surface area contributed by atoms with Crippen LogP contribution in [0.5, 0.6) is 0 Å². The van der Waals surface area contributed by atoms with Crippen molar-refractivity contribution in [3.8, 4) is 16.9 Å². The van der Waals surface area contributed by atoms with Gasteiger partial charge in [0.2, 0.25) is 0 Å². The third kappa shape index (κ3) is 2.48. The second kappa shape index (κ2) is 5.48. The van der Waals surface area contributed by atoms with Crippen molar-refractivity contribution in [2.75, 3.05) is 0 Å². The minimum Gasteiger partial charge on any atom is -0.313 e. The number of Topliss-reactive ketones (excluding diaryl/α,β-unsaturated/α-hetero) is 1. The number of carbonyl (C=O) groups is 1. The molecule has 2 heteroatoms. The number of carbonyl (C=O) groups excluding carboxylic acids is 1. The Morgan fingerprint density at radius 2 is 1.50 bits per heavy atom. The molecular weight excluding hydrogens is 294 g/mol. The Balaban J connectivity index is 2.00. The van der Waals surface area contributed by atoms with Crippen LogP contribution >= 0.6 is 0 Å². The molecule has 0 bridgehead atoms. The maximum atomic E-state index is 12.7. The Morgan fingerprint density at radius 3 is 2.17 bits per heavy atom. The number of hydrogen-bond donors (Lipinski definition) is 0. The monoisotopic (exact) mass is 315 g/mol. The predicted octanol–water partition coefficient (Wildman–Crippen LogP) is 5.30. The Kier molecular flexibility index (Phi) is 3.42. The van der Waals surface area contributed by atoms with E-state index in [9.17, 15) is 4.79 Å². The Labute approximate surface area is 142 Å².